The van der Waals surface area contributed by atoms with Crippen LogP contribution in [0.4, 0.5) is 32.4 Å². The third-order valence-corrected chi connectivity index (χ3v) is 3.77. The highest BCUT2D eigenvalue weighted by Crippen LogP contribution is 2.32. The van der Waals surface area contributed by atoms with Crippen molar-refractivity contribution in [1.82, 2.24) is 4.31 Å². The number of amides is 3. The summed E-state index contributed by atoms with van der Waals surface area (Å²) in [7, 11) is 0. The lowest BCUT2D eigenvalue weighted by Crippen LogP contribution is -2.33. The minimum Gasteiger partial charge on any atom is -0.307 e. The molecule has 0 saturated heterocycles. The first-order chi connectivity index (χ1) is 12.0. The summed E-state index contributed by atoms with van der Waals surface area (Å²) in [5.74, 6) is -3.85. The van der Waals surface area contributed by atoms with Crippen molar-refractivity contribution >= 4 is 42.0 Å². The quantitative estimate of drug-likeness (QED) is 0.531. The van der Waals surface area contributed by atoms with Gasteiger partial charge in [-0.2, -0.15) is 13.2 Å². The van der Waals surface area contributed by atoms with Crippen molar-refractivity contribution in [3.8, 4) is 0 Å². The fraction of sp³-hybridized carbons (Fsp3) is 0.0667. The number of benzene rings is 2. The molecule has 0 fully saturated rings. The molecule has 0 spiro atoms. The van der Waals surface area contributed by atoms with Gasteiger partial charge in [-0.1, -0.05) is 30.5 Å². The Morgan fingerprint density at radius 3 is 2.27 bits per heavy atom. The summed E-state index contributed by atoms with van der Waals surface area (Å²) < 4.78 is 64.8. The van der Waals surface area contributed by atoms with Crippen LogP contribution < -0.4 is 5.32 Å². The third-order valence-electron chi connectivity index (χ3n) is 3.09. The molecule has 0 aromatic heterocycles. The maximum Gasteiger partial charge on any atom is 0.419 e. The maximum atomic E-state index is 13.7. The lowest BCUT2D eigenvalue weighted by Gasteiger charge is -2.16. The molecule has 0 aliphatic carbocycles. The van der Waals surface area contributed by atoms with Crippen LogP contribution in [0, 0.1) is 11.6 Å². The molecule has 3 amide bonds. The van der Waals surface area contributed by atoms with Gasteiger partial charge >= 0.3 is 12.2 Å². The number of alkyl halides is 3. The average molecular weight is 411 g/mol. The zero-order chi connectivity index (χ0) is 19.6. The summed E-state index contributed by atoms with van der Waals surface area (Å²) in [5.41, 5.74) is -2.52. The van der Waals surface area contributed by atoms with Crippen LogP contribution >= 0.6 is 24.4 Å². The Hall–Kier alpha value is -2.33. The molecule has 0 aliphatic heterocycles. The molecule has 0 saturated carbocycles. The summed E-state index contributed by atoms with van der Waals surface area (Å²) >= 11 is 9.33. The summed E-state index contributed by atoms with van der Waals surface area (Å²) in [4.78, 5) is 24.1. The van der Waals surface area contributed by atoms with Crippen molar-refractivity contribution < 1.29 is 31.5 Å². The number of urea groups is 1. The minimum atomic E-state index is -4.90. The number of anilines is 1. The Morgan fingerprint density at radius 1 is 1.08 bits per heavy atom. The number of halogens is 6. The smallest absolute Gasteiger partial charge is 0.307 e. The van der Waals surface area contributed by atoms with Crippen molar-refractivity contribution in [1.29, 1.82) is 0 Å². The van der Waals surface area contributed by atoms with E-state index in [0.717, 1.165) is 12.1 Å². The molecule has 0 aliphatic rings. The van der Waals surface area contributed by atoms with Crippen LogP contribution in [-0.2, 0) is 6.18 Å². The molecular weight excluding hydrogens is 403 g/mol. The van der Waals surface area contributed by atoms with Crippen molar-refractivity contribution in [2.24, 2.45) is 0 Å². The zero-order valence-electron chi connectivity index (χ0n) is 12.4. The second-order valence-electron chi connectivity index (χ2n) is 4.84. The fourth-order valence-corrected chi connectivity index (χ4v) is 2.29. The van der Waals surface area contributed by atoms with Gasteiger partial charge in [-0.15, -0.1) is 0 Å². The van der Waals surface area contributed by atoms with E-state index in [2.05, 4.69) is 12.8 Å². The summed E-state index contributed by atoms with van der Waals surface area (Å²) in [6.07, 6.45) is -4.90. The van der Waals surface area contributed by atoms with Crippen LogP contribution in [-0.4, -0.2) is 16.2 Å². The van der Waals surface area contributed by atoms with Gasteiger partial charge in [0, 0.05) is 5.69 Å². The van der Waals surface area contributed by atoms with Gasteiger partial charge in [0.15, 0.2) is 0 Å². The van der Waals surface area contributed by atoms with Crippen molar-refractivity contribution in [2.45, 2.75) is 6.18 Å². The zero-order valence-corrected chi connectivity index (χ0v) is 14.1. The minimum absolute atomic E-state index is 0.153. The van der Waals surface area contributed by atoms with Crippen molar-refractivity contribution in [2.75, 3.05) is 5.32 Å². The molecule has 26 heavy (non-hydrogen) atoms. The molecular formula is C15H8ClF5N2O2S. The summed E-state index contributed by atoms with van der Waals surface area (Å²) in [6, 6.07) is 3.75. The molecule has 0 radical (unpaired) electrons. The van der Waals surface area contributed by atoms with Crippen LogP contribution in [0.2, 0.25) is 5.02 Å². The molecule has 2 rings (SSSR count). The van der Waals surface area contributed by atoms with Crippen LogP contribution in [0.3, 0.4) is 0 Å². The second-order valence-corrected chi connectivity index (χ2v) is 5.64. The van der Waals surface area contributed by atoms with Gasteiger partial charge in [-0.05, 0) is 30.3 Å². The SMILES string of the molecule is O=C(Nc1ccc(C(F)(F)F)c(F)c1)N(S)C(=O)c1c(F)cccc1Cl. The highest BCUT2D eigenvalue weighted by molar-refractivity contribution is 7.79. The first-order valence-electron chi connectivity index (χ1n) is 6.67. The predicted molar refractivity (Wildman–Crippen MR) is 87.0 cm³/mol. The van der Waals surface area contributed by atoms with Gasteiger partial charge in [-0.3, -0.25) is 4.79 Å². The van der Waals surface area contributed by atoms with Gasteiger partial charge in [0.2, 0.25) is 0 Å². The Bertz CT molecular complexity index is 855. The Balaban J connectivity index is 2.19. The van der Waals surface area contributed by atoms with E-state index >= 15 is 0 Å². The van der Waals surface area contributed by atoms with Gasteiger partial charge in [0.25, 0.3) is 5.91 Å². The molecule has 2 aromatic carbocycles. The molecule has 2 aromatic rings. The highest BCUT2D eigenvalue weighted by atomic mass is 35.5. The molecule has 0 heterocycles. The number of imide groups is 1. The van der Waals surface area contributed by atoms with Gasteiger partial charge in [0.1, 0.15) is 11.6 Å². The lowest BCUT2D eigenvalue weighted by molar-refractivity contribution is -0.139. The molecule has 0 bridgehead atoms. The monoisotopic (exact) mass is 410 g/mol. The number of hydrogen-bond donors (Lipinski definition) is 2. The number of thiol groups is 1. The van der Waals surface area contributed by atoms with Gasteiger partial charge < -0.3 is 5.32 Å². The van der Waals surface area contributed by atoms with Crippen LogP contribution in [0.1, 0.15) is 15.9 Å². The fourth-order valence-electron chi connectivity index (χ4n) is 1.90. The average Bonchev–Trinajstić information content (AvgIpc) is 2.52. The molecule has 138 valence electrons. The molecule has 4 nitrogen and oxygen atoms in total. The molecule has 0 unspecified atom stereocenters. The number of nitrogens with zero attached hydrogens (tertiary/aromatic N) is 1. The van der Waals surface area contributed by atoms with Gasteiger partial charge in [0.05, 0.1) is 16.1 Å². The second kappa shape index (κ2) is 7.50. The van der Waals surface area contributed by atoms with Crippen LogP contribution in [0.5, 0.6) is 0 Å². The van der Waals surface area contributed by atoms with E-state index < -0.39 is 40.9 Å². The number of carbonyl (C=O) groups excluding carboxylic acids is 2. The molecule has 1 N–H and O–H groups in total. The third kappa shape index (κ3) is 4.25. The number of nitrogens with one attached hydrogen (secondary N) is 1. The van der Waals surface area contributed by atoms with E-state index in [4.69, 9.17) is 11.6 Å². The van der Waals surface area contributed by atoms with Crippen LogP contribution in [0.25, 0.3) is 0 Å². The van der Waals surface area contributed by atoms with E-state index in [-0.39, 0.29) is 15.0 Å². The molecule has 11 heteroatoms. The number of rotatable bonds is 2. The summed E-state index contributed by atoms with van der Waals surface area (Å²) in [5, 5.41) is 1.69. The largest absolute Gasteiger partial charge is 0.419 e. The van der Waals surface area contributed by atoms with Gasteiger partial charge in [-0.25, -0.2) is 17.9 Å². The van der Waals surface area contributed by atoms with E-state index in [9.17, 15) is 31.5 Å². The topological polar surface area (TPSA) is 49.4 Å². The Kier molecular flexibility index (Phi) is 5.77. The predicted octanol–water partition coefficient (Wildman–Crippen LogP) is 5.16. The maximum absolute atomic E-state index is 13.7. The van der Waals surface area contributed by atoms with E-state index in [0.29, 0.717) is 12.1 Å². The summed E-state index contributed by atoms with van der Waals surface area (Å²) in [6.45, 7) is 0. The number of hydrogen-bond acceptors (Lipinski definition) is 3. The van der Waals surface area contributed by atoms with E-state index in [1.54, 1.807) is 0 Å². The number of carbonyl (C=O) groups is 2. The molecule has 0 atom stereocenters. The van der Waals surface area contributed by atoms with Crippen molar-refractivity contribution in [3.63, 3.8) is 0 Å². The Labute approximate surface area is 154 Å². The van der Waals surface area contributed by atoms with E-state index in [1.807, 2.05) is 5.32 Å². The van der Waals surface area contributed by atoms with E-state index in [1.165, 1.54) is 12.1 Å². The first-order valence-corrected chi connectivity index (χ1v) is 7.45. The Morgan fingerprint density at radius 2 is 1.73 bits per heavy atom. The highest BCUT2D eigenvalue weighted by Gasteiger charge is 2.34. The lowest BCUT2D eigenvalue weighted by atomic mass is 10.2. The first kappa shape index (κ1) is 20.0. The standard InChI is InChI=1S/C15H8ClF5N2O2S/c16-9-2-1-3-10(17)12(9)13(24)23(26)14(25)22-7-4-5-8(11(18)6-7)15(19,20)21/h1-6,26H,(H,22,25). The normalized spacial score (nSPS) is 11.2. The van der Waals surface area contributed by atoms with Crippen molar-refractivity contribution in [3.05, 3.63) is 64.2 Å². The van der Waals surface area contributed by atoms with Crippen LogP contribution in [0.15, 0.2) is 36.4 Å².